The van der Waals surface area contributed by atoms with Gasteiger partial charge in [0.1, 0.15) is 0 Å². The summed E-state index contributed by atoms with van der Waals surface area (Å²) in [5, 5.41) is 9.21. The van der Waals surface area contributed by atoms with Crippen molar-refractivity contribution in [1.82, 2.24) is 9.88 Å². The van der Waals surface area contributed by atoms with E-state index in [1.54, 1.807) is 13.8 Å². The fraction of sp³-hybridized carbons (Fsp3) is 0.583. The lowest BCUT2D eigenvalue weighted by atomic mass is 9.82. The van der Waals surface area contributed by atoms with Crippen LogP contribution in [0.3, 0.4) is 0 Å². The second kappa shape index (κ2) is 4.44. The molecule has 1 saturated heterocycles. The second-order valence-corrected chi connectivity index (χ2v) is 4.96. The molecule has 1 aliphatic heterocycles. The van der Waals surface area contributed by atoms with Gasteiger partial charge in [-0.15, -0.1) is 0 Å². The molecular formula is C12H16N2O4. The summed E-state index contributed by atoms with van der Waals surface area (Å²) in [4.78, 5) is 28.8. The first-order valence-corrected chi connectivity index (χ1v) is 5.87. The van der Waals surface area contributed by atoms with Crippen molar-refractivity contribution < 1.29 is 19.1 Å². The molecule has 1 amide bonds. The Morgan fingerprint density at radius 3 is 2.83 bits per heavy atom. The van der Waals surface area contributed by atoms with Crippen LogP contribution in [-0.4, -0.2) is 40.0 Å². The van der Waals surface area contributed by atoms with Crippen LogP contribution in [0.2, 0.25) is 0 Å². The summed E-state index contributed by atoms with van der Waals surface area (Å²) in [5.41, 5.74) is -0.343. The lowest BCUT2D eigenvalue weighted by molar-refractivity contribution is -0.150. The Morgan fingerprint density at radius 2 is 2.28 bits per heavy atom. The maximum Gasteiger partial charge on any atom is 0.311 e. The molecule has 1 aromatic heterocycles. The number of likely N-dealkylation sites (tertiary alicyclic amines) is 1. The molecule has 0 saturated carbocycles. The van der Waals surface area contributed by atoms with Crippen LogP contribution in [-0.2, 0) is 4.79 Å². The first-order valence-electron chi connectivity index (χ1n) is 5.87. The lowest BCUT2D eigenvalue weighted by Crippen LogP contribution is -2.48. The summed E-state index contributed by atoms with van der Waals surface area (Å²) < 4.78 is 5.06. The van der Waals surface area contributed by atoms with Gasteiger partial charge in [-0.3, -0.25) is 9.59 Å². The van der Waals surface area contributed by atoms with Gasteiger partial charge < -0.3 is 14.4 Å². The van der Waals surface area contributed by atoms with E-state index in [1.807, 2.05) is 0 Å². The van der Waals surface area contributed by atoms with Crippen molar-refractivity contribution in [2.75, 3.05) is 13.1 Å². The predicted molar refractivity (Wildman–Crippen MR) is 62.1 cm³/mol. The highest BCUT2D eigenvalue weighted by Crippen LogP contribution is 2.30. The number of aromatic nitrogens is 1. The topological polar surface area (TPSA) is 83.6 Å². The first-order chi connectivity index (χ1) is 8.44. The fourth-order valence-electron chi connectivity index (χ4n) is 2.24. The summed E-state index contributed by atoms with van der Waals surface area (Å²) in [6.45, 7) is 4.13. The molecule has 2 heterocycles. The Hall–Kier alpha value is -1.85. The number of rotatable bonds is 2. The number of aryl methyl sites for hydroxylation is 1. The molecule has 6 heteroatoms. The third-order valence-electron chi connectivity index (χ3n) is 3.44. The van der Waals surface area contributed by atoms with E-state index in [0.717, 1.165) is 0 Å². The third kappa shape index (κ3) is 2.10. The molecular weight excluding hydrogens is 236 g/mol. The number of carbonyl (C=O) groups is 2. The number of carboxylic acids is 1. The largest absolute Gasteiger partial charge is 0.481 e. The highest BCUT2D eigenvalue weighted by Gasteiger charge is 2.40. The average molecular weight is 252 g/mol. The van der Waals surface area contributed by atoms with Gasteiger partial charge in [0.25, 0.3) is 5.91 Å². The van der Waals surface area contributed by atoms with Crippen molar-refractivity contribution in [3.8, 4) is 0 Å². The summed E-state index contributed by atoms with van der Waals surface area (Å²) >= 11 is 0. The molecule has 6 nitrogen and oxygen atoms in total. The van der Waals surface area contributed by atoms with E-state index in [-0.39, 0.29) is 18.2 Å². The number of amides is 1. The summed E-state index contributed by atoms with van der Waals surface area (Å²) in [7, 11) is 0. The van der Waals surface area contributed by atoms with Crippen LogP contribution < -0.4 is 0 Å². The van der Waals surface area contributed by atoms with Gasteiger partial charge in [-0.1, -0.05) is 0 Å². The molecule has 1 aliphatic rings. The number of piperidine rings is 1. The van der Waals surface area contributed by atoms with Crippen LogP contribution in [0.25, 0.3) is 0 Å². The fourth-order valence-corrected chi connectivity index (χ4v) is 2.24. The van der Waals surface area contributed by atoms with Crippen molar-refractivity contribution >= 4 is 11.9 Å². The number of aliphatic carboxylic acids is 1. The molecule has 2 rings (SSSR count). The maximum atomic E-state index is 12.2. The highest BCUT2D eigenvalue weighted by molar-refractivity contribution is 5.93. The molecule has 1 atom stereocenters. The van der Waals surface area contributed by atoms with Gasteiger partial charge >= 0.3 is 5.97 Å². The zero-order valence-electron chi connectivity index (χ0n) is 10.5. The van der Waals surface area contributed by atoms with Crippen LogP contribution in [0.1, 0.15) is 36.0 Å². The number of carbonyl (C=O) groups excluding carboxylic acids is 1. The quantitative estimate of drug-likeness (QED) is 0.857. The lowest BCUT2D eigenvalue weighted by Gasteiger charge is -2.37. The van der Waals surface area contributed by atoms with E-state index in [2.05, 4.69) is 4.98 Å². The van der Waals surface area contributed by atoms with E-state index in [9.17, 15) is 14.7 Å². The molecule has 0 spiro atoms. The van der Waals surface area contributed by atoms with Crippen LogP contribution in [0.5, 0.6) is 0 Å². The molecule has 1 unspecified atom stereocenters. The number of hydrogen-bond donors (Lipinski definition) is 1. The minimum Gasteiger partial charge on any atom is -0.481 e. The van der Waals surface area contributed by atoms with E-state index >= 15 is 0 Å². The van der Waals surface area contributed by atoms with Crippen LogP contribution in [0.15, 0.2) is 10.8 Å². The SMILES string of the molecule is Cc1ncoc1C(=O)N1CCCC(C)(C(=O)O)C1. The monoisotopic (exact) mass is 252 g/mol. The summed E-state index contributed by atoms with van der Waals surface area (Å²) in [6.07, 6.45) is 2.49. The van der Waals surface area contributed by atoms with Gasteiger partial charge in [0, 0.05) is 13.1 Å². The van der Waals surface area contributed by atoms with Gasteiger partial charge in [-0.2, -0.15) is 0 Å². The van der Waals surface area contributed by atoms with Crippen LogP contribution >= 0.6 is 0 Å². The molecule has 1 N–H and O–H groups in total. The minimum absolute atomic E-state index is 0.199. The maximum absolute atomic E-state index is 12.2. The number of nitrogens with zero attached hydrogens (tertiary/aromatic N) is 2. The van der Waals surface area contributed by atoms with Crippen molar-refractivity contribution in [3.63, 3.8) is 0 Å². The van der Waals surface area contributed by atoms with Crippen molar-refractivity contribution in [2.45, 2.75) is 26.7 Å². The first kappa shape index (κ1) is 12.6. The second-order valence-electron chi connectivity index (χ2n) is 4.96. The van der Waals surface area contributed by atoms with Gasteiger partial charge in [-0.05, 0) is 26.7 Å². The smallest absolute Gasteiger partial charge is 0.311 e. The van der Waals surface area contributed by atoms with Gasteiger partial charge in [-0.25, -0.2) is 4.98 Å². The van der Waals surface area contributed by atoms with E-state index in [1.165, 1.54) is 11.3 Å². The molecule has 1 fully saturated rings. The Balaban J connectivity index is 2.17. The molecule has 0 aliphatic carbocycles. The molecule has 0 bridgehead atoms. The standard InChI is InChI=1S/C12H16N2O4/c1-8-9(18-7-13-8)10(15)14-5-3-4-12(2,6-14)11(16)17/h7H,3-6H2,1-2H3,(H,16,17). The van der Waals surface area contributed by atoms with Crippen molar-refractivity contribution in [1.29, 1.82) is 0 Å². The predicted octanol–water partition coefficient (Wildman–Crippen LogP) is 1.31. The van der Waals surface area contributed by atoms with Crippen molar-refractivity contribution in [2.24, 2.45) is 5.41 Å². The van der Waals surface area contributed by atoms with Gasteiger partial charge in [0.15, 0.2) is 6.39 Å². The normalized spacial score (nSPS) is 24.0. The van der Waals surface area contributed by atoms with Crippen LogP contribution in [0.4, 0.5) is 0 Å². The summed E-state index contributed by atoms with van der Waals surface area (Å²) in [5.74, 6) is -0.948. The number of carboxylic acid groups (broad SMARTS) is 1. The van der Waals surface area contributed by atoms with Gasteiger partial charge in [0.2, 0.25) is 5.76 Å². The highest BCUT2D eigenvalue weighted by atomic mass is 16.4. The summed E-state index contributed by atoms with van der Waals surface area (Å²) in [6, 6.07) is 0. The Kier molecular flexibility index (Phi) is 3.11. The molecule has 0 radical (unpaired) electrons. The zero-order chi connectivity index (χ0) is 13.3. The van der Waals surface area contributed by atoms with Gasteiger partial charge in [0.05, 0.1) is 11.1 Å². The molecule has 1 aromatic rings. The van der Waals surface area contributed by atoms with E-state index < -0.39 is 11.4 Å². The number of hydrogen-bond acceptors (Lipinski definition) is 4. The number of oxazole rings is 1. The van der Waals surface area contributed by atoms with E-state index in [4.69, 9.17) is 4.42 Å². The Morgan fingerprint density at radius 1 is 1.56 bits per heavy atom. The zero-order valence-corrected chi connectivity index (χ0v) is 10.5. The molecule has 0 aromatic carbocycles. The Labute approximate surface area is 105 Å². The third-order valence-corrected chi connectivity index (χ3v) is 3.44. The average Bonchev–Trinajstić information content (AvgIpc) is 2.74. The van der Waals surface area contributed by atoms with Crippen LogP contribution in [0, 0.1) is 12.3 Å². The molecule has 98 valence electrons. The van der Waals surface area contributed by atoms with Crippen molar-refractivity contribution in [3.05, 3.63) is 17.8 Å². The van der Waals surface area contributed by atoms with E-state index in [0.29, 0.717) is 25.1 Å². The minimum atomic E-state index is -0.873. The molecule has 18 heavy (non-hydrogen) atoms. The Bertz CT molecular complexity index is 482.